The summed E-state index contributed by atoms with van der Waals surface area (Å²) in [4.78, 5) is 0. The second-order valence-corrected chi connectivity index (χ2v) is 0.250. The minimum atomic E-state index is 0. The molecular formula is C3H3Y+2. The van der Waals surface area contributed by atoms with Crippen molar-refractivity contribution in [3.63, 3.8) is 0 Å². The van der Waals surface area contributed by atoms with E-state index in [9.17, 15) is 0 Å². The Bertz CT molecular complexity index is 24.8. The van der Waals surface area contributed by atoms with Crippen molar-refractivity contribution in [1.29, 1.82) is 0 Å². The summed E-state index contributed by atoms with van der Waals surface area (Å²) in [6, 6.07) is 0. The molecule has 0 aliphatic heterocycles. The molecule has 0 aromatic rings. The molecule has 0 aromatic carbocycles. The number of hydrogen-bond acceptors (Lipinski definition) is 0. The SMILES string of the molecule is [C-]#CC.[Y+3]. The summed E-state index contributed by atoms with van der Waals surface area (Å²) in [6.45, 7) is 1.54. The van der Waals surface area contributed by atoms with E-state index < -0.39 is 0 Å². The van der Waals surface area contributed by atoms with Gasteiger partial charge in [-0.3, -0.25) is 0 Å². The van der Waals surface area contributed by atoms with Crippen LogP contribution in [0.1, 0.15) is 6.92 Å². The van der Waals surface area contributed by atoms with Gasteiger partial charge in [-0.25, -0.2) is 0 Å². The molecule has 0 atom stereocenters. The van der Waals surface area contributed by atoms with Crippen LogP contribution in [0, 0.1) is 12.3 Å². The maximum absolute atomic E-state index is 5.96. The van der Waals surface area contributed by atoms with Crippen molar-refractivity contribution in [1.82, 2.24) is 0 Å². The summed E-state index contributed by atoms with van der Waals surface area (Å²) in [5.41, 5.74) is 0. The maximum atomic E-state index is 5.96. The normalized spacial score (nSPS) is 2.00. The van der Waals surface area contributed by atoms with E-state index in [0.29, 0.717) is 0 Å². The zero-order chi connectivity index (χ0) is 2.71. The molecule has 0 amide bonds. The zero-order valence-electron chi connectivity index (χ0n) is 2.58. The van der Waals surface area contributed by atoms with Crippen molar-refractivity contribution in [3.05, 3.63) is 6.42 Å². The second-order valence-electron chi connectivity index (χ2n) is 0.250. The standard InChI is InChI=1S/C3H3.Y/c1-3-2;/h1H3;/q-1;+3. The van der Waals surface area contributed by atoms with Gasteiger partial charge in [0.1, 0.15) is 0 Å². The van der Waals surface area contributed by atoms with Crippen LogP contribution in [0.5, 0.6) is 0 Å². The van der Waals surface area contributed by atoms with E-state index in [1.165, 1.54) is 0 Å². The van der Waals surface area contributed by atoms with Crippen LogP contribution in [0.3, 0.4) is 0 Å². The van der Waals surface area contributed by atoms with Crippen LogP contribution in [0.4, 0.5) is 0 Å². The van der Waals surface area contributed by atoms with Crippen LogP contribution in [-0.4, -0.2) is 0 Å². The Labute approximate surface area is 51.9 Å². The summed E-state index contributed by atoms with van der Waals surface area (Å²) < 4.78 is 0. The molecule has 0 rings (SSSR count). The number of hydrogen-bond donors (Lipinski definition) is 0. The molecule has 0 saturated carbocycles. The van der Waals surface area contributed by atoms with Crippen LogP contribution in [0.2, 0.25) is 0 Å². The Morgan fingerprint density at radius 3 is 1.75 bits per heavy atom. The van der Waals surface area contributed by atoms with Gasteiger partial charge in [0.15, 0.2) is 0 Å². The van der Waals surface area contributed by atoms with Crippen molar-refractivity contribution in [2.45, 2.75) is 6.92 Å². The zero-order valence-corrected chi connectivity index (χ0v) is 5.42. The first-order valence-corrected chi connectivity index (χ1v) is 0.750. The van der Waals surface area contributed by atoms with Crippen LogP contribution in [0.15, 0.2) is 0 Å². The molecule has 16 valence electrons. The maximum Gasteiger partial charge on any atom is 3.00 e. The Morgan fingerprint density at radius 2 is 1.75 bits per heavy atom. The molecule has 1 heteroatoms. The quantitative estimate of drug-likeness (QED) is 0.331. The summed E-state index contributed by atoms with van der Waals surface area (Å²) in [6.07, 6.45) is 5.96. The first-order chi connectivity index (χ1) is 1.41. The van der Waals surface area contributed by atoms with Gasteiger partial charge in [-0.15, -0.1) is 0 Å². The van der Waals surface area contributed by atoms with E-state index >= 15 is 0 Å². The van der Waals surface area contributed by atoms with Gasteiger partial charge in [-0.2, -0.15) is 0 Å². The molecule has 0 N–H and O–H groups in total. The molecule has 0 spiro atoms. The van der Waals surface area contributed by atoms with Gasteiger partial charge < -0.3 is 12.3 Å². The van der Waals surface area contributed by atoms with Crippen LogP contribution < -0.4 is 0 Å². The van der Waals surface area contributed by atoms with Gasteiger partial charge in [0.2, 0.25) is 0 Å². The predicted octanol–water partition coefficient (Wildman–Crippen LogP) is 0.594. The van der Waals surface area contributed by atoms with Crippen LogP contribution >= 0.6 is 0 Å². The average molecular weight is 128 g/mol. The Morgan fingerprint density at radius 1 is 1.75 bits per heavy atom. The Kier molecular flexibility index (Phi) is 20.7. The van der Waals surface area contributed by atoms with E-state index in [1.807, 2.05) is 5.92 Å². The van der Waals surface area contributed by atoms with Crippen molar-refractivity contribution in [3.8, 4) is 5.92 Å². The van der Waals surface area contributed by atoms with Gasteiger partial charge in [0.25, 0.3) is 0 Å². The molecule has 0 fully saturated rings. The van der Waals surface area contributed by atoms with E-state index in [4.69, 9.17) is 6.42 Å². The van der Waals surface area contributed by atoms with E-state index in [-0.39, 0.29) is 32.7 Å². The van der Waals surface area contributed by atoms with Crippen molar-refractivity contribution < 1.29 is 32.7 Å². The van der Waals surface area contributed by atoms with Crippen molar-refractivity contribution in [2.75, 3.05) is 0 Å². The average Bonchev–Trinajstić information content (AvgIpc) is 0.918. The molecule has 0 radical (unpaired) electrons. The molecule has 0 heterocycles. The second kappa shape index (κ2) is 9.39. The largest absolute Gasteiger partial charge is 3.00 e. The molecule has 0 aliphatic carbocycles. The topological polar surface area (TPSA) is 0 Å². The van der Waals surface area contributed by atoms with Gasteiger partial charge in [0.05, 0.1) is 0 Å². The summed E-state index contributed by atoms with van der Waals surface area (Å²) in [5.74, 6) is 2.00. The molecule has 0 nitrogen and oxygen atoms in total. The predicted molar refractivity (Wildman–Crippen MR) is 12.8 cm³/mol. The third kappa shape index (κ3) is 16.7. The minimum absolute atomic E-state index is 0. The third-order valence-electron chi connectivity index (χ3n) is 0. The number of rotatable bonds is 0. The molecule has 0 saturated heterocycles. The van der Waals surface area contributed by atoms with Crippen molar-refractivity contribution in [2.24, 2.45) is 0 Å². The Hall–Kier alpha value is 0.664. The molecule has 0 aliphatic rings. The fourth-order valence-corrected chi connectivity index (χ4v) is 0. The molecular weight excluding hydrogens is 125 g/mol. The minimum Gasteiger partial charge on any atom is -0.694 e. The Balaban J connectivity index is 0. The fraction of sp³-hybridized carbons (Fsp3) is 0.333. The van der Waals surface area contributed by atoms with Crippen LogP contribution in [-0.2, 0) is 32.7 Å². The van der Waals surface area contributed by atoms with Gasteiger partial charge in [-0.1, -0.05) is 0 Å². The van der Waals surface area contributed by atoms with Gasteiger partial charge in [-0.05, 0) is 6.92 Å². The first kappa shape index (κ1) is 8.82. The van der Waals surface area contributed by atoms with E-state index in [1.54, 1.807) is 6.92 Å². The fourth-order valence-electron chi connectivity index (χ4n) is 0. The molecule has 0 unspecified atom stereocenters. The smallest absolute Gasteiger partial charge is 0.694 e. The van der Waals surface area contributed by atoms with Crippen LogP contribution in [0.25, 0.3) is 0 Å². The molecule has 0 bridgehead atoms. The van der Waals surface area contributed by atoms with Gasteiger partial charge >= 0.3 is 32.7 Å². The van der Waals surface area contributed by atoms with E-state index in [2.05, 4.69) is 0 Å². The summed E-state index contributed by atoms with van der Waals surface area (Å²) in [5, 5.41) is 0. The molecule has 0 aromatic heterocycles. The van der Waals surface area contributed by atoms with Crippen molar-refractivity contribution >= 4 is 0 Å². The summed E-state index contributed by atoms with van der Waals surface area (Å²) in [7, 11) is 0. The van der Waals surface area contributed by atoms with E-state index in [0.717, 1.165) is 0 Å². The first-order valence-electron chi connectivity index (χ1n) is 0.750. The third-order valence-corrected chi connectivity index (χ3v) is 0. The summed E-state index contributed by atoms with van der Waals surface area (Å²) >= 11 is 0. The monoisotopic (exact) mass is 128 g/mol. The van der Waals surface area contributed by atoms with Gasteiger partial charge in [0, 0.05) is 0 Å². The molecule has 4 heavy (non-hydrogen) atoms.